The number of hydrazone groups is 1. The topological polar surface area (TPSA) is 80.7 Å². The van der Waals surface area contributed by atoms with Crippen LogP contribution >= 0.6 is 0 Å². The van der Waals surface area contributed by atoms with Crippen LogP contribution in [0.5, 0.6) is 0 Å². The highest BCUT2D eigenvalue weighted by atomic mass is 16.6. The fraction of sp³-hybridized carbons (Fsp3) is 0.154. The molecule has 6 nitrogen and oxygen atoms in total. The van der Waals surface area contributed by atoms with Crippen LogP contribution < -0.4 is 5.43 Å². The molecule has 98 valence electrons. The summed E-state index contributed by atoms with van der Waals surface area (Å²) >= 11 is 0. The Labute approximate surface area is 109 Å². The molecule has 0 spiro atoms. The van der Waals surface area contributed by atoms with Gasteiger partial charge in [-0.2, -0.15) is 5.10 Å². The predicted molar refractivity (Wildman–Crippen MR) is 72.4 cm³/mol. The average molecular weight is 259 g/mol. The highest BCUT2D eigenvalue weighted by Gasteiger charge is 2.13. The lowest BCUT2D eigenvalue weighted by molar-refractivity contribution is -0.402. The molecule has 0 fully saturated rings. The molecule has 1 N–H and O–H groups in total. The number of anilines is 1. The van der Waals surface area contributed by atoms with Gasteiger partial charge in [-0.3, -0.25) is 15.5 Å². The van der Waals surface area contributed by atoms with Crippen LogP contribution in [0, 0.1) is 17.0 Å². The molecular weight excluding hydrogens is 246 g/mol. The lowest BCUT2D eigenvalue weighted by Crippen LogP contribution is -1.98. The fourth-order valence-corrected chi connectivity index (χ4v) is 1.45. The van der Waals surface area contributed by atoms with Gasteiger partial charge < -0.3 is 4.42 Å². The van der Waals surface area contributed by atoms with E-state index >= 15 is 0 Å². The number of hydrogen-bond donors (Lipinski definition) is 1. The number of furan rings is 1. The van der Waals surface area contributed by atoms with Crippen LogP contribution in [0.3, 0.4) is 0 Å². The minimum Gasteiger partial charge on any atom is -0.399 e. The first-order valence-corrected chi connectivity index (χ1v) is 5.68. The van der Waals surface area contributed by atoms with Gasteiger partial charge in [0, 0.05) is 0 Å². The Hall–Kier alpha value is -2.63. The summed E-state index contributed by atoms with van der Waals surface area (Å²) in [7, 11) is 0. The maximum atomic E-state index is 10.5. The van der Waals surface area contributed by atoms with Crippen molar-refractivity contribution in [1.82, 2.24) is 0 Å². The summed E-state index contributed by atoms with van der Waals surface area (Å²) in [5.41, 5.74) is 5.40. The van der Waals surface area contributed by atoms with E-state index in [0.717, 1.165) is 11.3 Å². The molecule has 1 heterocycles. The quantitative estimate of drug-likeness (QED) is 0.518. The van der Waals surface area contributed by atoms with E-state index in [9.17, 15) is 10.1 Å². The Balaban J connectivity index is 2.09. The Morgan fingerprint density at radius 1 is 1.26 bits per heavy atom. The summed E-state index contributed by atoms with van der Waals surface area (Å²) in [6.07, 6.45) is 0. The second-order valence-corrected chi connectivity index (χ2v) is 4.07. The van der Waals surface area contributed by atoms with Crippen LogP contribution in [-0.4, -0.2) is 10.6 Å². The number of benzene rings is 1. The third kappa shape index (κ3) is 3.19. The third-order valence-electron chi connectivity index (χ3n) is 2.53. The van der Waals surface area contributed by atoms with Crippen LogP contribution in [0.25, 0.3) is 0 Å². The van der Waals surface area contributed by atoms with Gasteiger partial charge in [0.05, 0.1) is 11.8 Å². The fourth-order valence-electron chi connectivity index (χ4n) is 1.45. The van der Waals surface area contributed by atoms with Gasteiger partial charge in [-0.25, -0.2) is 0 Å². The zero-order chi connectivity index (χ0) is 13.8. The summed E-state index contributed by atoms with van der Waals surface area (Å²) in [6.45, 7) is 3.71. The maximum Gasteiger partial charge on any atom is 0.433 e. The van der Waals surface area contributed by atoms with Crippen molar-refractivity contribution in [2.45, 2.75) is 13.8 Å². The van der Waals surface area contributed by atoms with Gasteiger partial charge in [0.25, 0.3) is 0 Å². The Morgan fingerprint density at radius 2 is 1.95 bits per heavy atom. The van der Waals surface area contributed by atoms with E-state index in [2.05, 4.69) is 10.5 Å². The van der Waals surface area contributed by atoms with E-state index in [0.29, 0.717) is 11.5 Å². The molecule has 2 rings (SSSR count). The van der Waals surface area contributed by atoms with Crippen molar-refractivity contribution in [1.29, 1.82) is 0 Å². The van der Waals surface area contributed by atoms with Crippen LogP contribution in [0.1, 0.15) is 18.2 Å². The minimum absolute atomic E-state index is 0.292. The lowest BCUT2D eigenvalue weighted by Gasteiger charge is -2.01. The second-order valence-electron chi connectivity index (χ2n) is 4.07. The van der Waals surface area contributed by atoms with E-state index in [4.69, 9.17) is 4.42 Å². The minimum atomic E-state index is -0.579. The lowest BCUT2D eigenvalue weighted by atomic mass is 10.2. The SMILES string of the molecule is C/C(=N\Nc1ccc(C)cc1)c1ccc([N+](=O)[O-])o1. The van der Waals surface area contributed by atoms with Gasteiger partial charge in [0.1, 0.15) is 10.6 Å². The number of nitrogens with zero attached hydrogens (tertiary/aromatic N) is 2. The molecule has 2 aromatic rings. The molecule has 0 amide bonds. The standard InChI is InChI=1S/C13H13N3O3/c1-9-3-5-11(6-4-9)15-14-10(2)12-7-8-13(19-12)16(17)18/h3-8,15H,1-2H3/b14-10+. The Kier molecular flexibility index (Phi) is 3.61. The molecule has 0 radical (unpaired) electrons. The second kappa shape index (κ2) is 5.34. The molecule has 0 aliphatic rings. The van der Waals surface area contributed by atoms with Crippen molar-refractivity contribution in [3.63, 3.8) is 0 Å². The highest BCUT2D eigenvalue weighted by Crippen LogP contribution is 2.16. The van der Waals surface area contributed by atoms with Crippen LogP contribution in [0.4, 0.5) is 11.6 Å². The molecular formula is C13H13N3O3. The highest BCUT2D eigenvalue weighted by molar-refractivity contribution is 5.96. The van der Waals surface area contributed by atoms with Gasteiger partial charge in [0.15, 0.2) is 5.76 Å². The smallest absolute Gasteiger partial charge is 0.399 e. The summed E-state index contributed by atoms with van der Waals surface area (Å²) in [4.78, 5) is 9.93. The van der Waals surface area contributed by atoms with Gasteiger partial charge in [0.2, 0.25) is 0 Å². The van der Waals surface area contributed by atoms with Gasteiger partial charge >= 0.3 is 5.88 Å². The molecule has 1 aromatic carbocycles. The molecule has 0 saturated carbocycles. The molecule has 0 aliphatic heterocycles. The van der Waals surface area contributed by atoms with E-state index in [1.54, 1.807) is 6.92 Å². The molecule has 1 aromatic heterocycles. The number of nitro groups is 1. The average Bonchev–Trinajstić information content (AvgIpc) is 2.87. The van der Waals surface area contributed by atoms with E-state index in [1.807, 2.05) is 31.2 Å². The first kappa shape index (κ1) is 12.8. The number of rotatable bonds is 4. The van der Waals surface area contributed by atoms with E-state index < -0.39 is 4.92 Å². The molecule has 6 heteroatoms. The molecule has 0 bridgehead atoms. The summed E-state index contributed by atoms with van der Waals surface area (Å²) < 4.78 is 5.04. The van der Waals surface area contributed by atoms with E-state index in [1.165, 1.54) is 12.1 Å². The zero-order valence-corrected chi connectivity index (χ0v) is 10.6. The summed E-state index contributed by atoms with van der Waals surface area (Å²) in [6, 6.07) is 10.6. The maximum absolute atomic E-state index is 10.5. The van der Waals surface area contributed by atoms with Gasteiger partial charge in [-0.1, -0.05) is 17.7 Å². The first-order chi connectivity index (χ1) is 9.06. The third-order valence-corrected chi connectivity index (χ3v) is 2.53. The Bertz CT molecular complexity index is 614. The first-order valence-electron chi connectivity index (χ1n) is 5.68. The Morgan fingerprint density at radius 3 is 2.53 bits per heavy atom. The van der Waals surface area contributed by atoms with Crippen molar-refractivity contribution in [3.8, 4) is 0 Å². The monoisotopic (exact) mass is 259 g/mol. The number of hydrogen-bond acceptors (Lipinski definition) is 5. The van der Waals surface area contributed by atoms with Crippen LogP contribution in [-0.2, 0) is 0 Å². The normalized spacial score (nSPS) is 11.4. The van der Waals surface area contributed by atoms with Gasteiger partial charge in [-0.05, 0) is 32.0 Å². The predicted octanol–water partition coefficient (Wildman–Crippen LogP) is 3.33. The summed E-state index contributed by atoms with van der Waals surface area (Å²) in [5, 5.41) is 14.6. The molecule has 0 unspecified atom stereocenters. The van der Waals surface area contributed by atoms with Gasteiger partial charge in [-0.15, -0.1) is 0 Å². The zero-order valence-electron chi connectivity index (χ0n) is 10.6. The van der Waals surface area contributed by atoms with Crippen molar-refractivity contribution in [2.24, 2.45) is 5.10 Å². The summed E-state index contributed by atoms with van der Waals surface area (Å²) in [5.74, 6) is 0.0752. The molecule has 0 saturated heterocycles. The van der Waals surface area contributed by atoms with Crippen molar-refractivity contribution >= 4 is 17.3 Å². The molecule has 19 heavy (non-hydrogen) atoms. The molecule has 0 aliphatic carbocycles. The molecule has 0 atom stereocenters. The number of aryl methyl sites for hydroxylation is 1. The van der Waals surface area contributed by atoms with Crippen molar-refractivity contribution in [3.05, 3.63) is 57.8 Å². The van der Waals surface area contributed by atoms with Crippen molar-refractivity contribution in [2.75, 3.05) is 5.43 Å². The van der Waals surface area contributed by atoms with Crippen LogP contribution in [0.15, 0.2) is 45.9 Å². The van der Waals surface area contributed by atoms with E-state index in [-0.39, 0.29) is 5.88 Å². The van der Waals surface area contributed by atoms with Crippen molar-refractivity contribution < 1.29 is 9.34 Å². The number of nitrogens with one attached hydrogen (secondary N) is 1. The largest absolute Gasteiger partial charge is 0.433 e. The van der Waals surface area contributed by atoms with Crippen LogP contribution in [0.2, 0.25) is 0 Å².